The third-order valence-electron chi connectivity index (χ3n) is 4.75. The van der Waals surface area contributed by atoms with Crippen molar-refractivity contribution in [3.63, 3.8) is 0 Å². The first-order chi connectivity index (χ1) is 13.5. The highest BCUT2D eigenvalue weighted by atomic mass is 31.1. The summed E-state index contributed by atoms with van der Waals surface area (Å²) in [5.41, 5.74) is 9.06. The normalized spacial score (nSPS) is 10.6. The van der Waals surface area contributed by atoms with Gasteiger partial charge in [0.25, 0.3) is 0 Å². The van der Waals surface area contributed by atoms with Gasteiger partial charge in [-0.2, -0.15) is 0 Å². The number of unbranched alkanes of at least 4 members (excludes halogenated alkanes) is 5. The zero-order valence-corrected chi connectivity index (χ0v) is 19.4. The van der Waals surface area contributed by atoms with Crippen LogP contribution in [0.1, 0.15) is 82.4 Å². The second-order valence-electron chi connectivity index (χ2n) is 7.06. The lowest BCUT2D eigenvalue weighted by atomic mass is 9.92. The zero-order chi connectivity index (χ0) is 21.8. The molecule has 0 aromatic heterocycles. The molecule has 6 heteroatoms. The Balaban J connectivity index is 0. The van der Waals surface area contributed by atoms with Gasteiger partial charge in [-0.25, -0.2) is 0 Å². The molecule has 166 valence electrons. The lowest BCUT2D eigenvalue weighted by Crippen LogP contribution is -2.47. The Hall–Kier alpha value is -0.550. The van der Waals surface area contributed by atoms with Crippen molar-refractivity contribution >= 4 is 9.03 Å². The Kier molecular flexibility index (Phi) is 20.9. The average molecular weight is 418 g/mol. The fraction of sp³-hybridized carbons (Fsp3) is 0.727. The van der Waals surface area contributed by atoms with Crippen molar-refractivity contribution in [2.24, 2.45) is 5.73 Å². The molecule has 0 fully saturated rings. The molecule has 0 amide bonds. The summed E-state index contributed by atoms with van der Waals surface area (Å²) >= 11 is 0. The molecule has 0 unspecified atom stereocenters. The second kappa shape index (κ2) is 19.8. The predicted octanol–water partition coefficient (Wildman–Crippen LogP) is 4.02. The maximum atomic E-state index is 9.25. The summed E-state index contributed by atoms with van der Waals surface area (Å²) in [4.78, 5) is 14.3. The van der Waals surface area contributed by atoms with Crippen molar-refractivity contribution in [2.45, 2.75) is 91.0 Å². The standard InChI is InChI=1S/C20H35NO2.C2H6.H3O2P/c1-3-4-5-6-7-8-9-19-11-10-18(14-17(19)2)12-13-20(21,15-22)16-23;1-2;1-3-2/h10-11,14,22-23H,3-9,12-13,15-16,21H2,1-2H3;1-2H3;1-3H. The lowest BCUT2D eigenvalue weighted by molar-refractivity contribution is 0.115. The molecule has 0 spiro atoms. The van der Waals surface area contributed by atoms with E-state index in [2.05, 4.69) is 32.0 Å². The minimum Gasteiger partial charge on any atom is -0.394 e. The largest absolute Gasteiger partial charge is 0.394 e. The molecule has 0 aliphatic heterocycles. The summed E-state index contributed by atoms with van der Waals surface area (Å²) in [6, 6.07) is 6.61. The van der Waals surface area contributed by atoms with Gasteiger partial charge in [0.2, 0.25) is 0 Å². The summed E-state index contributed by atoms with van der Waals surface area (Å²) < 4.78 is 0. The number of benzene rings is 1. The van der Waals surface area contributed by atoms with Crippen molar-refractivity contribution in [2.75, 3.05) is 13.2 Å². The molecule has 0 radical (unpaired) electrons. The maximum absolute atomic E-state index is 9.25. The molecule has 0 bridgehead atoms. The van der Waals surface area contributed by atoms with E-state index in [4.69, 9.17) is 15.5 Å². The van der Waals surface area contributed by atoms with E-state index in [1.54, 1.807) is 0 Å². The van der Waals surface area contributed by atoms with E-state index < -0.39 is 14.6 Å². The van der Waals surface area contributed by atoms with Gasteiger partial charge in [0.05, 0.1) is 18.8 Å². The quantitative estimate of drug-likeness (QED) is 0.261. The highest BCUT2D eigenvalue weighted by molar-refractivity contribution is 7.23. The van der Waals surface area contributed by atoms with Gasteiger partial charge in [0.15, 0.2) is 0 Å². The maximum Gasteiger partial charge on any atom is 0.149 e. The SMILES string of the molecule is CC.CCCCCCCCc1ccc(CCC(N)(CO)CO)cc1C.OPO. The van der Waals surface area contributed by atoms with Gasteiger partial charge in [-0.15, -0.1) is 0 Å². The Bertz CT molecular complexity index is 468. The molecule has 0 saturated carbocycles. The topological polar surface area (TPSA) is 107 Å². The molecule has 0 saturated heterocycles. The Morgan fingerprint density at radius 2 is 1.46 bits per heavy atom. The van der Waals surface area contributed by atoms with Crippen molar-refractivity contribution < 1.29 is 20.0 Å². The first-order valence-corrected chi connectivity index (χ1v) is 11.5. The minimum atomic E-state index is -0.917. The fourth-order valence-corrected chi connectivity index (χ4v) is 2.89. The van der Waals surface area contributed by atoms with Gasteiger partial charge >= 0.3 is 0 Å². The van der Waals surface area contributed by atoms with Crippen LogP contribution in [0.2, 0.25) is 0 Å². The molecular weight excluding hydrogens is 373 g/mol. The first-order valence-electron chi connectivity index (χ1n) is 10.6. The average Bonchev–Trinajstić information content (AvgIpc) is 2.72. The molecular formula is C22H44NO4P. The molecule has 1 rings (SSSR count). The van der Waals surface area contributed by atoms with Crippen molar-refractivity contribution in [3.8, 4) is 0 Å². The first kappa shape index (κ1) is 29.6. The molecule has 0 atom stereocenters. The van der Waals surface area contributed by atoms with Gasteiger partial charge < -0.3 is 25.7 Å². The highest BCUT2D eigenvalue weighted by Gasteiger charge is 2.22. The third-order valence-corrected chi connectivity index (χ3v) is 4.75. The van der Waals surface area contributed by atoms with E-state index in [9.17, 15) is 10.2 Å². The van der Waals surface area contributed by atoms with E-state index in [1.807, 2.05) is 13.8 Å². The molecule has 1 aromatic carbocycles. The van der Waals surface area contributed by atoms with Crippen LogP contribution in [0.25, 0.3) is 0 Å². The summed E-state index contributed by atoms with van der Waals surface area (Å²) in [7, 11) is -0.917. The Labute approximate surface area is 174 Å². The van der Waals surface area contributed by atoms with Crippen LogP contribution < -0.4 is 5.73 Å². The number of hydrogen-bond acceptors (Lipinski definition) is 5. The van der Waals surface area contributed by atoms with Gasteiger partial charge in [-0.05, 0) is 49.3 Å². The molecule has 0 aliphatic rings. The number of rotatable bonds is 12. The number of hydrogen-bond donors (Lipinski definition) is 5. The smallest absolute Gasteiger partial charge is 0.149 e. The fourth-order valence-electron chi connectivity index (χ4n) is 2.89. The van der Waals surface area contributed by atoms with Crippen molar-refractivity contribution in [1.82, 2.24) is 0 Å². The molecule has 1 aromatic rings. The zero-order valence-electron chi connectivity index (χ0n) is 18.4. The van der Waals surface area contributed by atoms with Crippen LogP contribution in [-0.2, 0) is 12.8 Å². The number of aryl methyl sites for hydroxylation is 3. The molecule has 0 aliphatic carbocycles. The van der Waals surface area contributed by atoms with Crippen LogP contribution in [-0.4, -0.2) is 38.8 Å². The monoisotopic (exact) mass is 417 g/mol. The second-order valence-corrected chi connectivity index (χ2v) is 7.26. The van der Waals surface area contributed by atoms with Crippen molar-refractivity contribution in [1.29, 1.82) is 0 Å². The van der Waals surface area contributed by atoms with Gasteiger partial charge in [-0.1, -0.05) is 71.1 Å². The van der Waals surface area contributed by atoms with Crippen LogP contribution in [0.5, 0.6) is 0 Å². The van der Waals surface area contributed by atoms with Crippen LogP contribution in [0, 0.1) is 6.92 Å². The van der Waals surface area contributed by atoms with E-state index in [0.29, 0.717) is 6.42 Å². The number of aliphatic hydroxyl groups is 2. The number of nitrogens with two attached hydrogens (primary N) is 1. The summed E-state index contributed by atoms with van der Waals surface area (Å²) in [5, 5.41) is 18.5. The van der Waals surface area contributed by atoms with Gasteiger partial charge in [0, 0.05) is 0 Å². The van der Waals surface area contributed by atoms with E-state index in [0.717, 1.165) is 12.8 Å². The van der Waals surface area contributed by atoms with Crippen LogP contribution in [0.3, 0.4) is 0 Å². The van der Waals surface area contributed by atoms with Crippen LogP contribution in [0.15, 0.2) is 18.2 Å². The highest BCUT2D eigenvalue weighted by Crippen LogP contribution is 2.18. The lowest BCUT2D eigenvalue weighted by Gasteiger charge is -2.24. The summed E-state index contributed by atoms with van der Waals surface area (Å²) in [6.07, 6.45) is 10.5. The van der Waals surface area contributed by atoms with Crippen LogP contribution in [0.4, 0.5) is 0 Å². The predicted molar refractivity (Wildman–Crippen MR) is 122 cm³/mol. The number of aliphatic hydroxyl groups excluding tert-OH is 2. The van der Waals surface area contributed by atoms with E-state index >= 15 is 0 Å². The van der Waals surface area contributed by atoms with Crippen LogP contribution >= 0.6 is 9.03 Å². The Morgan fingerprint density at radius 3 is 1.96 bits per heavy atom. The molecule has 0 heterocycles. The third kappa shape index (κ3) is 14.4. The minimum absolute atomic E-state index is 0.182. The van der Waals surface area contributed by atoms with E-state index in [-0.39, 0.29) is 13.2 Å². The van der Waals surface area contributed by atoms with Crippen molar-refractivity contribution in [3.05, 3.63) is 34.9 Å². The molecule has 5 nitrogen and oxygen atoms in total. The van der Waals surface area contributed by atoms with Gasteiger partial charge in [0.1, 0.15) is 9.03 Å². The van der Waals surface area contributed by atoms with Gasteiger partial charge in [-0.3, -0.25) is 0 Å². The van der Waals surface area contributed by atoms with E-state index in [1.165, 1.54) is 55.2 Å². The molecule has 6 N–H and O–H groups in total. The molecule has 28 heavy (non-hydrogen) atoms. The Morgan fingerprint density at radius 1 is 0.929 bits per heavy atom. The summed E-state index contributed by atoms with van der Waals surface area (Å²) in [5.74, 6) is 0. The summed E-state index contributed by atoms with van der Waals surface area (Å²) in [6.45, 7) is 8.06.